The highest BCUT2D eigenvalue weighted by Crippen LogP contribution is 2.32. The normalized spacial score (nSPS) is 24.6. The molecule has 0 aromatic carbocycles. The molecule has 2 unspecified atom stereocenters. The Labute approximate surface area is 98.8 Å². The van der Waals surface area contributed by atoms with E-state index in [0.29, 0.717) is 18.2 Å². The number of hydrogen-bond donors (Lipinski definition) is 1. The van der Waals surface area contributed by atoms with Crippen molar-refractivity contribution >= 4 is 11.8 Å². The van der Waals surface area contributed by atoms with Crippen molar-refractivity contribution in [2.75, 3.05) is 6.54 Å². The van der Waals surface area contributed by atoms with Crippen molar-refractivity contribution in [2.45, 2.75) is 25.8 Å². The number of likely N-dealkylation sites (tertiary alicyclic amines) is 1. The van der Waals surface area contributed by atoms with Crippen LogP contribution in [-0.4, -0.2) is 28.2 Å². The van der Waals surface area contributed by atoms with E-state index >= 15 is 0 Å². The Bertz CT molecular complexity index is 416. The van der Waals surface area contributed by atoms with Gasteiger partial charge in [0, 0.05) is 6.54 Å². The van der Waals surface area contributed by atoms with Crippen LogP contribution in [0.25, 0.3) is 0 Å². The number of carbonyl (C=O) groups excluding carboxylic acids is 2. The summed E-state index contributed by atoms with van der Waals surface area (Å²) in [5, 5.41) is 0. The third-order valence-corrected chi connectivity index (χ3v) is 3.07. The van der Waals surface area contributed by atoms with Crippen LogP contribution in [0.3, 0.4) is 0 Å². The first-order chi connectivity index (χ1) is 8.09. The Hall–Kier alpha value is -1.85. The van der Waals surface area contributed by atoms with Crippen molar-refractivity contribution in [1.29, 1.82) is 0 Å². The van der Waals surface area contributed by atoms with E-state index in [1.54, 1.807) is 6.20 Å². The topological polar surface area (TPSA) is 89.4 Å². The molecule has 2 heterocycles. The number of primary amides is 1. The average molecular weight is 237 g/mol. The van der Waals surface area contributed by atoms with Crippen molar-refractivity contribution in [3.63, 3.8) is 0 Å². The minimum atomic E-state index is -0.927. The van der Waals surface area contributed by atoms with Gasteiger partial charge in [0.05, 0.1) is 12.2 Å². The van der Waals surface area contributed by atoms with E-state index in [4.69, 9.17) is 10.2 Å². The van der Waals surface area contributed by atoms with Gasteiger partial charge in [0.25, 0.3) is 0 Å². The molecule has 0 bridgehead atoms. The maximum Gasteiger partial charge on any atom is 0.312 e. The standard InChI is InChI=1S/C11H15N3O3/c1-7-2-3-8(9-4-13-6-17-9)14(5-7)11(16)10(12)15/h4,6-8H,2-3,5H2,1H3,(H2,12,15). The molecule has 1 fully saturated rings. The third-order valence-electron chi connectivity index (χ3n) is 3.07. The van der Waals surface area contributed by atoms with Gasteiger partial charge in [-0.25, -0.2) is 4.98 Å². The lowest BCUT2D eigenvalue weighted by Crippen LogP contribution is -2.46. The van der Waals surface area contributed by atoms with Crippen molar-refractivity contribution in [2.24, 2.45) is 11.7 Å². The van der Waals surface area contributed by atoms with Gasteiger partial charge in [0.2, 0.25) is 0 Å². The summed E-state index contributed by atoms with van der Waals surface area (Å²) in [6.45, 7) is 2.56. The summed E-state index contributed by atoms with van der Waals surface area (Å²) in [5.41, 5.74) is 5.05. The van der Waals surface area contributed by atoms with E-state index in [2.05, 4.69) is 4.98 Å². The Morgan fingerprint density at radius 1 is 1.53 bits per heavy atom. The van der Waals surface area contributed by atoms with E-state index in [1.165, 1.54) is 11.3 Å². The molecular weight excluding hydrogens is 222 g/mol. The van der Waals surface area contributed by atoms with Crippen LogP contribution in [0.15, 0.2) is 17.0 Å². The average Bonchev–Trinajstić information content (AvgIpc) is 2.81. The fourth-order valence-corrected chi connectivity index (χ4v) is 2.20. The molecule has 2 amide bonds. The number of nitrogens with two attached hydrogens (primary N) is 1. The van der Waals surface area contributed by atoms with E-state index in [9.17, 15) is 9.59 Å². The SMILES string of the molecule is CC1CCC(c2cnco2)N(C(=O)C(N)=O)C1. The van der Waals surface area contributed by atoms with Crippen LogP contribution in [0.4, 0.5) is 0 Å². The van der Waals surface area contributed by atoms with Crippen LogP contribution >= 0.6 is 0 Å². The Kier molecular flexibility index (Phi) is 3.12. The maximum absolute atomic E-state index is 11.7. The molecule has 2 N–H and O–H groups in total. The zero-order chi connectivity index (χ0) is 12.4. The van der Waals surface area contributed by atoms with Crippen molar-refractivity contribution in [1.82, 2.24) is 9.88 Å². The zero-order valence-electron chi connectivity index (χ0n) is 9.63. The second-order valence-corrected chi connectivity index (χ2v) is 4.42. The third kappa shape index (κ3) is 2.30. The molecule has 0 saturated carbocycles. The smallest absolute Gasteiger partial charge is 0.312 e. The number of aromatic nitrogens is 1. The number of piperidine rings is 1. The molecule has 1 aromatic heterocycles. The zero-order valence-corrected chi connectivity index (χ0v) is 9.63. The molecule has 17 heavy (non-hydrogen) atoms. The Balaban J connectivity index is 2.23. The number of nitrogens with zero attached hydrogens (tertiary/aromatic N) is 2. The van der Waals surface area contributed by atoms with Gasteiger partial charge in [-0.2, -0.15) is 0 Å². The molecule has 6 heteroatoms. The second-order valence-electron chi connectivity index (χ2n) is 4.42. The molecule has 0 aliphatic carbocycles. The van der Waals surface area contributed by atoms with Gasteiger partial charge in [-0.3, -0.25) is 9.59 Å². The van der Waals surface area contributed by atoms with Gasteiger partial charge in [-0.05, 0) is 18.8 Å². The lowest BCUT2D eigenvalue weighted by Gasteiger charge is -2.36. The molecule has 1 aliphatic rings. The minimum absolute atomic E-state index is 0.228. The summed E-state index contributed by atoms with van der Waals surface area (Å²) in [4.78, 5) is 28.1. The number of amides is 2. The minimum Gasteiger partial charge on any atom is -0.446 e. The van der Waals surface area contributed by atoms with Crippen LogP contribution in [0.1, 0.15) is 31.6 Å². The first-order valence-corrected chi connectivity index (χ1v) is 5.58. The summed E-state index contributed by atoms with van der Waals surface area (Å²) in [6.07, 6.45) is 4.63. The predicted octanol–water partition coefficient (Wildman–Crippen LogP) is 0.460. The molecule has 1 saturated heterocycles. The highest BCUT2D eigenvalue weighted by molar-refractivity contribution is 6.34. The van der Waals surface area contributed by atoms with Crippen LogP contribution < -0.4 is 5.73 Å². The van der Waals surface area contributed by atoms with E-state index in [1.807, 2.05) is 6.92 Å². The van der Waals surface area contributed by atoms with E-state index in [-0.39, 0.29) is 6.04 Å². The van der Waals surface area contributed by atoms with E-state index < -0.39 is 11.8 Å². The number of hydrogen-bond acceptors (Lipinski definition) is 4. The lowest BCUT2D eigenvalue weighted by atomic mass is 9.93. The summed E-state index contributed by atoms with van der Waals surface area (Å²) >= 11 is 0. The largest absolute Gasteiger partial charge is 0.446 e. The fraction of sp³-hybridized carbons (Fsp3) is 0.545. The highest BCUT2D eigenvalue weighted by atomic mass is 16.3. The Morgan fingerprint density at radius 2 is 2.29 bits per heavy atom. The van der Waals surface area contributed by atoms with Gasteiger partial charge < -0.3 is 15.1 Å². The lowest BCUT2D eigenvalue weighted by molar-refractivity contribution is -0.147. The van der Waals surface area contributed by atoms with Crippen LogP contribution in [-0.2, 0) is 9.59 Å². The monoisotopic (exact) mass is 237 g/mol. The van der Waals surface area contributed by atoms with Crippen LogP contribution in [0.5, 0.6) is 0 Å². The molecule has 0 spiro atoms. The van der Waals surface area contributed by atoms with Crippen molar-refractivity contribution < 1.29 is 14.0 Å². The van der Waals surface area contributed by atoms with Crippen molar-refractivity contribution in [3.8, 4) is 0 Å². The molecule has 2 atom stereocenters. The first-order valence-electron chi connectivity index (χ1n) is 5.58. The summed E-state index contributed by atoms with van der Waals surface area (Å²) in [6, 6.07) is -0.228. The molecule has 0 radical (unpaired) electrons. The molecule has 92 valence electrons. The second kappa shape index (κ2) is 4.57. The number of oxazole rings is 1. The maximum atomic E-state index is 11.7. The number of rotatable bonds is 1. The van der Waals surface area contributed by atoms with Gasteiger partial charge in [0.1, 0.15) is 5.76 Å². The van der Waals surface area contributed by atoms with Gasteiger partial charge in [-0.1, -0.05) is 6.92 Å². The van der Waals surface area contributed by atoms with Gasteiger partial charge in [-0.15, -0.1) is 0 Å². The van der Waals surface area contributed by atoms with Gasteiger partial charge >= 0.3 is 11.8 Å². The summed E-state index contributed by atoms with van der Waals surface area (Å²) in [7, 11) is 0. The molecule has 6 nitrogen and oxygen atoms in total. The molecule has 1 aliphatic heterocycles. The van der Waals surface area contributed by atoms with Gasteiger partial charge in [0.15, 0.2) is 6.39 Å². The molecule has 2 rings (SSSR count). The van der Waals surface area contributed by atoms with E-state index in [0.717, 1.165) is 12.8 Å². The quantitative estimate of drug-likeness (QED) is 0.718. The molecular formula is C11H15N3O3. The predicted molar refractivity (Wildman–Crippen MR) is 58.5 cm³/mol. The Morgan fingerprint density at radius 3 is 2.88 bits per heavy atom. The summed E-state index contributed by atoms with van der Waals surface area (Å²) in [5.74, 6) is -0.620. The van der Waals surface area contributed by atoms with Crippen molar-refractivity contribution in [3.05, 3.63) is 18.4 Å². The first kappa shape index (κ1) is 11.6. The fourth-order valence-electron chi connectivity index (χ4n) is 2.20. The van der Waals surface area contributed by atoms with Crippen LogP contribution in [0.2, 0.25) is 0 Å². The van der Waals surface area contributed by atoms with Crippen LogP contribution in [0, 0.1) is 5.92 Å². The summed E-state index contributed by atoms with van der Waals surface area (Å²) < 4.78 is 5.21. The molecule has 1 aromatic rings. The number of carbonyl (C=O) groups is 2. The highest BCUT2D eigenvalue weighted by Gasteiger charge is 2.34.